The third-order valence-electron chi connectivity index (χ3n) is 5.66. The lowest BCUT2D eigenvalue weighted by Gasteiger charge is -2.26. The molecule has 0 aliphatic carbocycles. The molecule has 2 aliphatic rings. The Hall–Kier alpha value is -3.40. The summed E-state index contributed by atoms with van der Waals surface area (Å²) in [7, 11) is 0. The van der Waals surface area contributed by atoms with Gasteiger partial charge in [-0.15, -0.1) is 11.3 Å². The van der Waals surface area contributed by atoms with E-state index in [1.165, 1.54) is 42.0 Å². The summed E-state index contributed by atoms with van der Waals surface area (Å²) in [4.78, 5) is 54.8. The Bertz CT molecular complexity index is 1260. The second-order valence-corrected chi connectivity index (χ2v) is 10.9. The molecule has 4 rings (SSSR count). The Labute approximate surface area is 231 Å². The van der Waals surface area contributed by atoms with Gasteiger partial charge in [0.2, 0.25) is 5.91 Å². The molecule has 0 spiro atoms. The number of hydrogen-bond donors (Lipinski definition) is 2. The molecule has 2 saturated heterocycles. The van der Waals surface area contributed by atoms with Crippen molar-refractivity contribution in [3.8, 4) is 5.75 Å². The number of hydrogen-bond acceptors (Lipinski definition) is 11. The third kappa shape index (κ3) is 7.34. The number of amides is 3. The number of aromatic nitrogens is 1. The van der Waals surface area contributed by atoms with Crippen molar-refractivity contribution in [3.05, 3.63) is 50.4 Å². The van der Waals surface area contributed by atoms with Crippen LogP contribution in [0.15, 0.2) is 34.7 Å². The molecule has 2 fully saturated rings. The summed E-state index contributed by atoms with van der Waals surface area (Å²) in [5.41, 5.74) is 2.54. The summed E-state index contributed by atoms with van der Waals surface area (Å²) in [6.07, 6.45) is 6.58. The van der Waals surface area contributed by atoms with Crippen molar-refractivity contribution in [3.63, 3.8) is 0 Å². The predicted molar refractivity (Wildman–Crippen MR) is 147 cm³/mol. The van der Waals surface area contributed by atoms with E-state index in [0.29, 0.717) is 11.7 Å². The standard InChI is InChI=1S/C23H24N6O6S3/c30-19(6-10-27-8-2-1-3-9-27)26-28-21(32)18(38-23(28)36)13-15-12-16(29(33)34)4-5-17(15)35-14-20(31)25-22-24-7-11-37-22/h4-5,7,11-13H,1-3,6,8-10,14H2,(H,26,30)(H,24,25,31). The van der Waals surface area contributed by atoms with Crippen LogP contribution >= 0.6 is 35.3 Å². The van der Waals surface area contributed by atoms with Gasteiger partial charge in [0.1, 0.15) is 5.75 Å². The van der Waals surface area contributed by atoms with Crippen molar-refractivity contribution in [1.29, 1.82) is 0 Å². The third-order valence-corrected chi connectivity index (χ3v) is 7.65. The maximum absolute atomic E-state index is 13.0. The normalized spacial score (nSPS) is 17.1. The van der Waals surface area contributed by atoms with Gasteiger partial charge in [0, 0.05) is 42.2 Å². The first-order valence-electron chi connectivity index (χ1n) is 11.7. The topological polar surface area (TPSA) is 147 Å². The number of benzene rings is 1. The number of nitro groups is 1. The van der Waals surface area contributed by atoms with E-state index in [0.717, 1.165) is 42.7 Å². The van der Waals surface area contributed by atoms with Gasteiger partial charge in [-0.3, -0.25) is 35.2 Å². The minimum atomic E-state index is -0.579. The van der Waals surface area contributed by atoms with Gasteiger partial charge in [-0.2, -0.15) is 5.01 Å². The molecule has 3 heterocycles. The Kier molecular flexibility index (Phi) is 9.38. The number of hydrazine groups is 1. The van der Waals surface area contributed by atoms with E-state index in [9.17, 15) is 24.5 Å². The van der Waals surface area contributed by atoms with E-state index in [2.05, 4.69) is 20.6 Å². The number of nitrogens with zero attached hydrogens (tertiary/aromatic N) is 4. The lowest BCUT2D eigenvalue weighted by Crippen LogP contribution is -2.46. The minimum Gasteiger partial charge on any atom is -0.483 e. The quantitative estimate of drug-likeness (QED) is 0.187. The Morgan fingerprint density at radius 1 is 1.24 bits per heavy atom. The SMILES string of the molecule is O=C(COc1ccc([N+](=O)[O-])cc1C=C1SC(=S)N(NC(=O)CCN2CCCCC2)C1=O)Nc1nccs1. The van der Waals surface area contributed by atoms with Crippen LogP contribution < -0.4 is 15.5 Å². The van der Waals surface area contributed by atoms with Crippen LogP contribution in [0.2, 0.25) is 0 Å². The number of rotatable bonds is 10. The molecule has 0 unspecified atom stereocenters. The number of thioether (sulfide) groups is 1. The predicted octanol–water partition coefficient (Wildman–Crippen LogP) is 3.18. The second kappa shape index (κ2) is 12.9. The summed E-state index contributed by atoms with van der Waals surface area (Å²) >= 11 is 7.48. The zero-order valence-electron chi connectivity index (χ0n) is 20.1. The summed E-state index contributed by atoms with van der Waals surface area (Å²) in [5, 5.41) is 17.0. The van der Waals surface area contributed by atoms with Crippen molar-refractivity contribution in [1.82, 2.24) is 20.3 Å². The first-order valence-corrected chi connectivity index (χ1v) is 13.8. The van der Waals surface area contributed by atoms with Crippen LogP contribution in [0.5, 0.6) is 5.75 Å². The van der Waals surface area contributed by atoms with Crippen molar-refractivity contribution in [2.24, 2.45) is 0 Å². The number of thiazole rings is 1. The maximum atomic E-state index is 13.0. The van der Waals surface area contributed by atoms with Gasteiger partial charge < -0.3 is 9.64 Å². The molecule has 1 aromatic carbocycles. The molecule has 3 amide bonds. The first-order chi connectivity index (χ1) is 18.3. The number of nitro benzene ring substituents is 1. The highest BCUT2D eigenvalue weighted by Gasteiger charge is 2.34. The Morgan fingerprint density at radius 3 is 2.74 bits per heavy atom. The molecule has 0 atom stereocenters. The fourth-order valence-corrected chi connectivity index (χ4v) is 5.52. The van der Waals surface area contributed by atoms with Crippen LogP contribution in [-0.4, -0.2) is 68.1 Å². The summed E-state index contributed by atoms with van der Waals surface area (Å²) in [5.74, 6) is -1.22. The molecule has 0 bridgehead atoms. The zero-order valence-corrected chi connectivity index (χ0v) is 22.5. The summed E-state index contributed by atoms with van der Waals surface area (Å²) in [6.45, 7) is 2.13. The summed E-state index contributed by atoms with van der Waals surface area (Å²) < 4.78 is 5.72. The molecule has 2 aliphatic heterocycles. The highest BCUT2D eigenvalue weighted by atomic mass is 32.2. The van der Waals surface area contributed by atoms with Crippen LogP contribution in [0.1, 0.15) is 31.2 Å². The molecule has 38 heavy (non-hydrogen) atoms. The number of carbonyl (C=O) groups excluding carboxylic acids is 3. The molecule has 0 saturated carbocycles. The van der Waals surface area contributed by atoms with Crippen LogP contribution in [0, 0.1) is 10.1 Å². The van der Waals surface area contributed by atoms with Gasteiger partial charge in [0.05, 0.1) is 9.83 Å². The lowest BCUT2D eigenvalue weighted by molar-refractivity contribution is -0.384. The lowest BCUT2D eigenvalue weighted by atomic mass is 10.1. The van der Waals surface area contributed by atoms with Gasteiger partial charge in [0.25, 0.3) is 17.5 Å². The summed E-state index contributed by atoms with van der Waals surface area (Å²) in [6, 6.07) is 3.82. The number of ether oxygens (including phenoxy) is 1. The van der Waals surface area contributed by atoms with Crippen LogP contribution in [0.3, 0.4) is 0 Å². The van der Waals surface area contributed by atoms with Gasteiger partial charge in [-0.25, -0.2) is 4.98 Å². The maximum Gasteiger partial charge on any atom is 0.285 e. The zero-order chi connectivity index (χ0) is 27.1. The molecule has 200 valence electrons. The number of nitrogens with one attached hydrogen (secondary N) is 2. The number of non-ortho nitro benzene ring substituents is 1. The van der Waals surface area contributed by atoms with Crippen LogP contribution in [-0.2, 0) is 14.4 Å². The minimum absolute atomic E-state index is 0.128. The number of piperidine rings is 1. The average Bonchev–Trinajstić information content (AvgIpc) is 3.50. The smallest absolute Gasteiger partial charge is 0.285 e. The van der Waals surface area contributed by atoms with Crippen molar-refractivity contribution in [2.75, 3.05) is 31.6 Å². The largest absolute Gasteiger partial charge is 0.483 e. The van der Waals surface area contributed by atoms with Crippen molar-refractivity contribution < 1.29 is 24.0 Å². The van der Waals surface area contributed by atoms with Crippen LogP contribution in [0.4, 0.5) is 10.8 Å². The monoisotopic (exact) mass is 576 g/mol. The fourth-order valence-electron chi connectivity index (χ4n) is 3.81. The van der Waals surface area contributed by atoms with Gasteiger partial charge >= 0.3 is 0 Å². The van der Waals surface area contributed by atoms with E-state index in [4.69, 9.17) is 17.0 Å². The Balaban J connectivity index is 1.43. The Morgan fingerprint density at radius 2 is 2.03 bits per heavy atom. The first kappa shape index (κ1) is 27.6. The molecular formula is C23H24N6O6S3. The number of likely N-dealkylation sites (tertiary alicyclic amines) is 1. The molecule has 2 N–H and O–H groups in total. The molecule has 2 aromatic rings. The molecule has 1 aromatic heterocycles. The van der Waals surface area contributed by atoms with E-state index in [-0.39, 0.29) is 45.2 Å². The average molecular weight is 577 g/mol. The fraction of sp³-hybridized carbons (Fsp3) is 0.348. The van der Waals surface area contributed by atoms with Crippen molar-refractivity contribution in [2.45, 2.75) is 25.7 Å². The van der Waals surface area contributed by atoms with Gasteiger partial charge in [-0.05, 0) is 50.3 Å². The van der Waals surface area contributed by atoms with E-state index in [1.807, 2.05) is 0 Å². The van der Waals surface area contributed by atoms with Crippen LogP contribution in [0.25, 0.3) is 6.08 Å². The number of anilines is 1. The highest BCUT2D eigenvalue weighted by molar-refractivity contribution is 8.26. The second-order valence-electron chi connectivity index (χ2n) is 8.36. The van der Waals surface area contributed by atoms with Gasteiger partial charge in [0.15, 0.2) is 16.1 Å². The van der Waals surface area contributed by atoms with E-state index in [1.54, 1.807) is 11.6 Å². The van der Waals surface area contributed by atoms with Gasteiger partial charge in [-0.1, -0.05) is 18.2 Å². The molecule has 15 heteroatoms. The molecule has 0 radical (unpaired) electrons. The highest BCUT2D eigenvalue weighted by Crippen LogP contribution is 2.34. The van der Waals surface area contributed by atoms with E-state index < -0.39 is 16.7 Å². The molecular weight excluding hydrogens is 552 g/mol. The number of thiocarbonyl (C=S) groups is 1. The van der Waals surface area contributed by atoms with E-state index >= 15 is 0 Å². The molecule has 12 nitrogen and oxygen atoms in total. The number of carbonyl (C=O) groups is 3. The van der Waals surface area contributed by atoms with Crippen molar-refractivity contribution >= 4 is 74.3 Å².